The highest BCUT2D eigenvalue weighted by Crippen LogP contribution is 2.08. The third kappa shape index (κ3) is 1.89. The van der Waals surface area contributed by atoms with Crippen molar-refractivity contribution >= 4 is 22.8 Å². The summed E-state index contributed by atoms with van der Waals surface area (Å²) in [4.78, 5) is 15.5. The van der Waals surface area contributed by atoms with E-state index < -0.39 is 0 Å². The number of aromatic amines is 1. The average Bonchev–Trinajstić information content (AvgIpc) is 2.97. The number of fused-ring (bicyclic) bond motifs is 1. The molecule has 0 atom stereocenters. The zero-order valence-corrected chi connectivity index (χ0v) is 9.44. The first-order valence-electron chi connectivity index (χ1n) is 4.89. The van der Waals surface area contributed by atoms with Gasteiger partial charge in [-0.2, -0.15) is 9.61 Å². The Balaban J connectivity index is 1.85. The molecule has 3 heterocycles. The molecule has 0 saturated heterocycles. The summed E-state index contributed by atoms with van der Waals surface area (Å²) in [5.74, 6) is 0.608. The molecule has 86 valence electrons. The molecule has 3 aromatic heterocycles. The lowest BCUT2D eigenvalue weighted by Crippen LogP contribution is -2.13. The van der Waals surface area contributed by atoms with Crippen LogP contribution in [0.2, 0.25) is 0 Å². The second-order valence-electron chi connectivity index (χ2n) is 3.30. The summed E-state index contributed by atoms with van der Waals surface area (Å²) in [5, 5.41) is 16.2. The average molecular weight is 248 g/mol. The normalized spacial score (nSPS) is 10.8. The van der Waals surface area contributed by atoms with Crippen molar-refractivity contribution in [3.8, 4) is 0 Å². The summed E-state index contributed by atoms with van der Waals surface area (Å²) < 4.78 is 1.21. The van der Waals surface area contributed by atoms with Crippen molar-refractivity contribution in [1.82, 2.24) is 24.8 Å². The molecule has 2 N–H and O–H groups in total. The van der Waals surface area contributed by atoms with Crippen LogP contribution in [0.4, 0.5) is 5.82 Å². The number of nitrogens with one attached hydrogen (secondary N) is 2. The van der Waals surface area contributed by atoms with Crippen molar-refractivity contribution in [2.45, 2.75) is 6.54 Å². The summed E-state index contributed by atoms with van der Waals surface area (Å²) in [6.45, 7) is 0.586. The van der Waals surface area contributed by atoms with Crippen LogP contribution >= 0.6 is 11.3 Å². The van der Waals surface area contributed by atoms with Gasteiger partial charge in [-0.05, 0) is 12.1 Å². The molecule has 17 heavy (non-hydrogen) atoms. The molecule has 3 rings (SSSR count). The van der Waals surface area contributed by atoms with Crippen LogP contribution in [0.3, 0.4) is 0 Å². The van der Waals surface area contributed by atoms with Crippen LogP contribution in [0.5, 0.6) is 0 Å². The van der Waals surface area contributed by atoms with E-state index in [1.807, 2.05) is 5.38 Å². The standard InChI is InChI=1S/C9H8N6OS/c16-9-13-12-7-2-1-6(14-15(7)9)11-5-8-10-3-4-17-8/h1-4H,5H2,(H,11,14)(H,13,16). The quantitative estimate of drug-likeness (QED) is 0.704. The second-order valence-corrected chi connectivity index (χ2v) is 4.28. The van der Waals surface area contributed by atoms with E-state index >= 15 is 0 Å². The third-order valence-corrected chi connectivity index (χ3v) is 2.96. The fourth-order valence-corrected chi connectivity index (χ4v) is 1.96. The first-order valence-corrected chi connectivity index (χ1v) is 5.77. The molecule has 0 saturated carbocycles. The van der Waals surface area contributed by atoms with Crippen molar-refractivity contribution in [2.24, 2.45) is 0 Å². The summed E-state index contributed by atoms with van der Waals surface area (Å²) in [6, 6.07) is 3.48. The Labute approximate surface area is 99.1 Å². The van der Waals surface area contributed by atoms with E-state index in [4.69, 9.17) is 0 Å². The molecule has 0 amide bonds. The first kappa shape index (κ1) is 9.97. The van der Waals surface area contributed by atoms with Gasteiger partial charge in [-0.15, -0.1) is 16.4 Å². The molecule has 0 aliphatic rings. The van der Waals surface area contributed by atoms with Crippen molar-refractivity contribution in [3.05, 3.63) is 39.2 Å². The summed E-state index contributed by atoms with van der Waals surface area (Å²) in [5.41, 5.74) is 0.146. The topological polar surface area (TPSA) is 88.0 Å². The van der Waals surface area contributed by atoms with Gasteiger partial charge >= 0.3 is 5.69 Å². The molecule has 0 radical (unpaired) electrons. The van der Waals surface area contributed by atoms with Crippen LogP contribution in [0.1, 0.15) is 5.01 Å². The van der Waals surface area contributed by atoms with Gasteiger partial charge in [0, 0.05) is 11.6 Å². The van der Waals surface area contributed by atoms with Gasteiger partial charge in [0.05, 0.1) is 6.54 Å². The molecule has 0 aliphatic heterocycles. The predicted molar refractivity (Wildman–Crippen MR) is 63.0 cm³/mol. The zero-order valence-electron chi connectivity index (χ0n) is 8.62. The molecule has 8 heteroatoms. The van der Waals surface area contributed by atoms with Gasteiger partial charge in [-0.1, -0.05) is 0 Å². The number of H-pyrrole nitrogens is 1. The highest BCUT2D eigenvalue weighted by Gasteiger charge is 2.02. The van der Waals surface area contributed by atoms with Gasteiger partial charge in [0.2, 0.25) is 0 Å². The lowest BCUT2D eigenvalue weighted by molar-refractivity contribution is 0.874. The van der Waals surface area contributed by atoms with Gasteiger partial charge in [-0.25, -0.2) is 14.9 Å². The van der Waals surface area contributed by atoms with Crippen molar-refractivity contribution in [1.29, 1.82) is 0 Å². The first-order chi connectivity index (χ1) is 8.33. The van der Waals surface area contributed by atoms with E-state index in [-0.39, 0.29) is 5.69 Å². The van der Waals surface area contributed by atoms with Gasteiger partial charge in [0.25, 0.3) is 0 Å². The lowest BCUT2D eigenvalue weighted by atomic mass is 10.5. The molecule has 0 bridgehead atoms. The molecule has 0 fully saturated rings. The minimum absolute atomic E-state index is 0.349. The molecule has 0 unspecified atom stereocenters. The summed E-state index contributed by atoms with van der Waals surface area (Å²) in [7, 11) is 0. The minimum atomic E-state index is -0.349. The Morgan fingerprint density at radius 2 is 2.41 bits per heavy atom. The van der Waals surface area contributed by atoms with E-state index in [0.29, 0.717) is 18.0 Å². The smallest absolute Gasteiger partial charge is 0.362 e. The van der Waals surface area contributed by atoms with Crippen molar-refractivity contribution in [3.63, 3.8) is 0 Å². The monoisotopic (exact) mass is 248 g/mol. The van der Waals surface area contributed by atoms with Gasteiger partial charge in [-0.3, -0.25) is 0 Å². The van der Waals surface area contributed by atoms with E-state index in [2.05, 4.69) is 25.6 Å². The maximum atomic E-state index is 11.3. The van der Waals surface area contributed by atoms with E-state index in [1.54, 1.807) is 29.7 Å². The van der Waals surface area contributed by atoms with E-state index in [1.165, 1.54) is 4.52 Å². The van der Waals surface area contributed by atoms with Crippen LogP contribution < -0.4 is 11.0 Å². The largest absolute Gasteiger partial charge is 0.364 e. The number of rotatable bonds is 3. The SMILES string of the molecule is O=c1[nH]nc2ccc(NCc3nccs3)nn12. The number of hydrogen-bond acceptors (Lipinski definition) is 6. The number of aromatic nitrogens is 5. The molecule has 0 spiro atoms. The highest BCUT2D eigenvalue weighted by molar-refractivity contribution is 7.09. The fourth-order valence-electron chi connectivity index (χ4n) is 1.40. The Morgan fingerprint density at radius 3 is 3.24 bits per heavy atom. The molecule has 0 aliphatic carbocycles. The van der Waals surface area contributed by atoms with Crippen molar-refractivity contribution < 1.29 is 0 Å². The highest BCUT2D eigenvalue weighted by atomic mass is 32.1. The Bertz CT molecular complexity index is 685. The van der Waals surface area contributed by atoms with Crippen LogP contribution in [0.15, 0.2) is 28.5 Å². The third-order valence-electron chi connectivity index (χ3n) is 2.18. The second kappa shape index (κ2) is 3.98. The van der Waals surface area contributed by atoms with Crippen molar-refractivity contribution in [2.75, 3.05) is 5.32 Å². The zero-order chi connectivity index (χ0) is 11.7. The number of anilines is 1. The summed E-state index contributed by atoms with van der Waals surface area (Å²) in [6.07, 6.45) is 1.75. The van der Waals surface area contributed by atoms with Gasteiger partial charge in [0.1, 0.15) is 10.8 Å². The van der Waals surface area contributed by atoms with Crippen LogP contribution in [0, 0.1) is 0 Å². The van der Waals surface area contributed by atoms with Gasteiger partial charge in [0.15, 0.2) is 5.65 Å². The van der Waals surface area contributed by atoms with Gasteiger partial charge < -0.3 is 5.32 Å². The Hall–Kier alpha value is -2.22. The van der Waals surface area contributed by atoms with Crippen LogP contribution in [0.25, 0.3) is 5.65 Å². The Kier molecular flexibility index (Phi) is 2.33. The predicted octanol–water partition coefficient (Wildman–Crippen LogP) is 0.486. The number of nitrogens with zero attached hydrogens (tertiary/aromatic N) is 4. The minimum Gasteiger partial charge on any atom is -0.362 e. The maximum absolute atomic E-state index is 11.3. The van der Waals surface area contributed by atoms with Crippen LogP contribution in [-0.2, 0) is 6.54 Å². The fraction of sp³-hybridized carbons (Fsp3) is 0.111. The lowest BCUT2D eigenvalue weighted by Gasteiger charge is -2.02. The van der Waals surface area contributed by atoms with E-state index in [9.17, 15) is 4.79 Å². The number of thiazole rings is 1. The molecular weight excluding hydrogens is 240 g/mol. The van der Waals surface area contributed by atoms with E-state index in [0.717, 1.165) is 5.01 Å². The number of hydrogen-bond donors (Lipinski definition) is 2. The summed E-state index contributed by atoms with van der Waals surface area (Å²) >= 11 is 1.56. The van der Waals surface area contributed by atoms with Crippen LogP contribution in [-0.4, -0.2) is 24.8 Å². The molecule has 0 aromatic carbocycles. The molecular formula is C9H8N6OS. The molecule has 3 aromatic rings. The Morgan fingerprint density at radius 1 is 1.47 bits per heavy atom. The maximum Gasteiger partial charge on any atom is 0.364 e. The molecule has 7 nitrogen and oxygen atoms in total.